The van der Waals surface area contributed by atoms with Crippen molar-refractivity contribution in [3.8, 4) is 17.6 Å². The van der Waals surface area contributed by atoms with Gasteiger partial charge in [-0.15, -0.1) is 0 Å². The minimum atomic E-state index is -1.27. The van der Waals surface area contributed by atoms with E-state index in [9.17, 15) is 10.4 Å². The number of rotatable bonds is 3. The molecule has 1 aromatic heterocycles. The Morgan fingerprint density at radius 1 is 1.08 bits per heavy atom. The lowest BCUT2D eigenvalue weighted by Crippen LogP contribution is -2.55. The molecule has 3 aromatic rings. The van der Waals surface area contributed by atoms with E-state index in [1.807, 2.05) is 30.3 Å². The number of fused-ring (bicyclic) bond motifs is 5. The van der Waals surface area contributed by atoms with Gasteiger partial charge in [-0.25, -0.2) is 0 Å². The van der Waals surface area contributed by atoms with Crippen molar-refractivity contribution in [1.29, 1.82) is 5.26 Å². The standard InChI is InChI=1S/C24H20N2O3.C6H11NO/c1-28-20-14-26-15-21-22(20)23(27)12-11-19(17-5-3-2-4-6-17)24(23,29-21)18-9-7-16(13-25)8-10-18;1-7-3-5-2-6(4-7)8-5/h2-10,14-15,19,27H,11-12H2,1H3;5-6H,2-4H2,1H3. The lowest BCUT2D eigenvalue weighted by molar-refractivity contribution is -0.175. The van der Waals surface area contributed by atoms with E-state index < -0.39 is 11.2 Å². The molecule has 2 bridgehead atoms. The molecule has 5 unspecified atom stereocenters. The summed E-state index contributed by atoms with van der Waals surface area (Å²) in [4.78, 5) is 6.57. The third-order valence-corrected chi connectivity index (χ3v) is 8.27. The molecule has 0 amide bonds. The summed E-state index contributed by atoms with van der Waals surface area (Å²) < 4.78 is 17.6. The molecular weight excluding hydrogens is 466 g/mol. The number of piperidine rings is 1. The first-order valence-corrected chi connectivity index (χ1v) is 12.8. The summed E-state index contributed by atoms with van der Waals surface area (Å²) in [6.07, 6.45) is 7.01. The van der Waals surface area contributed by atoms with Crippen LogP contribution in [0.2, 0.25) is 0 Å². The zero-order valence-corrected chi connectivity index (χ0v) is 21.1. The summed E-state index contributed by atoms with van der Waals surface area (Å²) in [5.41, 5.74) is 0.860. The maximum atomic E-state index is 12.2. The quantitative estimate of drug-likeness (QED) is 0.583. The molecule has 1 N–H and O–H groups in total. The minimum absolute atomic E-state index is 0.0706. The molecule has 7 nitrogen and oxygen atoms in total. The second kappa shape index (κ2) is 9.14. The second-order valence-electron chi connectivity index (χ2n) is 10.4. The molecule has 3 saturated heterocycles. The van der Waals surface area contributed by atoms with E-state index in [2.05, 4.69) is 35.1 Å². The van der Waals surface area contributed by atoms with Gasteiger partial charge in [-0.3, -0.25) is 4.98 Å². The van der Waals surface area contributed by atoms with Crippen LogP contribution in [0.3, 0.4) is 0 Å². The molecule has 1 aliphatic carbocycles. The van der Waals surface area contributed by atoms with Gasteiger partial charge in [-0.05, 0) is 43.1 Å². The zero-order chi connectivity index (χ0) is 25.6. The fourth-order valence-corrected chi connectivity index (χ4v) is 6.67. The van der Waals surface area contributed by atoms with E-state index in [1.165, 1.54) is 6.42 Å². The summed E-state index contributed by atoms with van der Waals surface area (Å²) in [5, 5.41) is 21.4. The van der Waals surface area contributed by atoms with Crippen LogP contribution in [0.4, 0.5) is 0 Å². The molecule has 0 radical (unpaired) electrons. The van der Waals surface area contributed by atoms with Crippen molar-refractivity contribution in [2.45, 2.75) is 48.6 Å². The Balaban J connectivity index is 0.000000266. The largest absolute Gasteiger partial charge is 0.495 e. The van der Waals surface area contributed by atoms with Crippen molar-refractivity contribution in [2.24, 2.45) is 0 Å². The van der Waals surface area contributed by atoms with Gasteiger partial charge >= 0.3 is 0 Å². The number of likely N-dealkylation sites (N-methyl/N-ethyl adjacent to an activating group) is 1. The maximum absolute atomic E-state index is 12.2. The van der Waals surface area contributed by atoms with Crippen LogP contribution in [0.5, 0.6) is 11.5 Å². The lowest BCUT2D eigenvalue weighted by Gasteiger charge is -2.45. The Bertz CT molecular complexity index is 1310. The number of methoxy groups -OCH3 is 1. The maximum Gasteiger partial charge on any atom is 0.174 e. The number of nitrogens with zero attached hydrogens (tertiary/aromatic N) is 3. The first kappa shape index (κ1) is 23.9. The summed E-state index contributed by atoms with van der Waals surface area (Å²) >= 11 is 0. The number of aliphatic hydroxyl groups is 1. The predicted molar refractivity (Wildman–Crippen MR) is 137 cm³/mol. The van der Waals surface area contributed by atoms with E-state index in [-0.39, 0.29) is 5.92 Å². The molecular formula is C30H31N3O4. The topological polar surface area (TPSA) is 87.8 Å². The fraction of sp³-hybridized carbons (Fsp3) is 0.400. The summed E-state index contributed by atoms with van der Waals surface area (Å²) in [6, 6.07) is 19.6. The average Bonchev–Trinajstić information content (AvgIpc) is 3.36. The van der Waals surface area contributed by atoms with Gasteiger partial charge in [0.05, 0.1) is 48.9 Å². The molecule has 4 fully saturated rings. The average molecular weight is 498 g/mol. The Morgan fingerprint density at radius 3 is 2.38 bits per heavy atom. The van der Waals surface area contributed by atoms with Crippen molar-refractivity contribution in [3.05, 3.63) is 89.2 Å². The van der Waals surface area contributed by atoms with E-state index in [0.29, 0.717) is 41.3 Å². The minimum Gasteiger partial charge on any atom is -0.495 e. The van der Waals surface area contributed by atoms with E-state index in [4.69, 9.17) is 14.2 Å². The number of aromatic nitrogens is 1. The van der Waals surface area contributed by atoms with Crippen LogP contribution in [0.25, 0.3) is 0 Å². The van der Waals surface area contributed by atoms with Gasteiger partial charge < -0.3 is 24.2 Å². The fourth-order valence-electron chi connectivity index (χ4n) is 6.67. The first-order valence-electron chi connectivity index (χ1n) is 12.8. The van der Waals surface area contributed by atoms with Crippen molar-refractivity contribution >= 4 is 0 Å². The van der Waals surface area contributed by atoms with Gasteiger partial charge in [0, 0.05) is 25.4 Å². The molecule has 7 heteroatoms. The number of hydrogen-bond acceptors (Lipinski definition) is 7. The highest BCUT2D eigenvalue weighted by atomic mass is 16.5. The molecule has 5 aliphatic rings. The SMILES string of the molecule is CN1CC2CC(C1)O2.COc1cncc2c1C1(O)CCC(c3ccccc3)C1(c1ccc(C#N)cc1)O2. The van der Waals surface area contributed by atoms with Crippen molar-refractivity contribution in [2.75, 3.05) is 27.2 Å². The van der Waals surface area contributed by atoms with Crippen molar-refractivity contribution < 1.29 is 19.3 Å². The van der Waals surface area contributed by atoms with E-state index in [1.54, 1.807) is 31.6 Å². The van der Waals surface area contributed by atoms with Gasteiger partial charge in [0.15, 0.2) is 5.60 Å². The third kappa shape index (κ3) is 3.71. The number of ether oxygens (including phenoxy) is 3. The lowest BCUT2D eigenvalue weighted by atomic mass is 9.71. The van der Waals surface area contributed by atoms with Gasteiger partial charge in [0.25, 0.3) is 0 Å². The monoisotopic (exact) mass is 497 g/mol. The Kier molecular flexibility index (Phi) is 5.91. The second-order valence-corrected chi connectivity index (χ2v) is 10.4. The van der Waals surface area contributed by atoms with Gasteiger partial charge in [0.1, 0.15) is 17.1 Å². The Labute approximate surface area is 217 Å². The van der Waals surface area contributed by atoms with Crippen LogP contribution in [0.1, 0.15) is 47.4 Å². The van der Waals surface area contributed by atoms with Crippen LogP contribution in [0, 0.1) is 11.3 Å². The molecule has 37 heavy (non-hydrogen) atoms. The van der Waals surface area contributed by atoms with Crippen LogP contribution in [0.15, 0.2) is 67.0 Å². The summed E-state index contributed by atoms with van der Waals surface area (Å²) in [5.74, 6) is 0.991. The highest BCUT2D eigenvalue weighted by Gasteiger charge is 2.69. The van der Waals surface area contributed by atoms with Crippen molar-refractivity contribution in [3.63, 3.8) is 0 Å². The number of pyridine rings is 1. The molecule has 190 valence electrons. The normalized spacial score (nSPS) is 31.0. The molecule has 4 aliphatic heterocycles. The highest BCUT2D eigenvalue weighted by molar-refractivity contribution is 5.57. The first-order chi connectivity index (χ1) is 18.0. The number of benzene rings is 2. The number of nitriles is 1. The van der Waals surface area contributed by atoms with E-state index in [0.717, 1.165) is 30.6 Å². The smallest absolute Gasteiger partial charge is 0.174 e. The summed E-state index contributed by atoms with van der Waals surface area (Å²) in [6.45, 7) is 2.30. The van der Waals surface area contributed by atoms with Crippen LogP contribution < -0.4 is 9.47 Å². The van der Waals surface area contributed by atoms with E-state index >= 15 is 0 Å². The van der Waals surface area contributed by atoms with Gasteiger partial charge in [-0.2, -0.15) is 5.26 Å². The van der Waals surface area contributed by atoms with Crippen LogP contribution >= 0.6 is 0 Å². The third-order valence-electron chi connectivity index (χ3n) is 8.27. The molecule has 2 aromatic carbocycles. The molecule has 5 heterocycles. The summed E-state index contributed by atoms with van der Waals surface area (Å²) in [7, 11) is 3.73. The zero-order valence-electron chi connectivity index (χ0n) is 21.1. The Hall–Kier alpha value is -3.44. The molecule has 1 saturated carbocycles. The predicted octanol–water partition coefficient (Wildman–Crippen LogP) is 4.10. The van der Waals surface area contributed by atoms with Crippen LogP contribution in [-0.4, -0.2) is 54.4 Å². The van der Waals surface area contributed by atoms with Gasteiger partial charge in [0.2, 0.25) is 0 Å². The number of hydrogen-bond donors (Lipinski definition) is 1. The van der Waals surface area contributed by atoms with Crippen LogP contribution in [-0.2, 0) is 15.9 Å². The highest BCUT2D eigenvalue weighted by Crippen LogP contribution is 2.67. The Morgan fingerprint density at radius 2 is 1.78 bits per heavy atom. The molecule has 8 rings (SSSR count). The molecule has 0 spiro atoms. The number of morpholine rings is 1. The van der Waals surface area contributed by atoms with Gasteiger partial charge in [-0.1, -0.05) is 42.5 Å². The molecule has 5 atom stereocenters. The van der Waals surface area contributed by atoms with Crippen molar-refractivity contribution in [1.82, 2.24) is 9.88 Å².